The molecule has 0 N–H and O–H groups in total. The van der Waals surface area contributed by atoms with Crippen molar-refractivity contribution in [3.05, 3.63) is 24.0 Å². The predicted molar refractivity (Wildman–Crippen MR) is 141 cm³/mol. The maximum absolute atomic E-state index is 12.7. The quantitative estimate of drug-likeness (QED) is 0.476. The highest BCUT2D eigenvalue weighted by molar-refractivity contribution is 7.90. The highest BCUT2D eigenvalue weighted by Gasteiger charge is 2.26. The molecule has 0 saturated heterocycles. The lowest BCUT2D eigenvalue weighted by molar-refractivity contribution is 0.444. The van der Waals surface area contributed by atoms with E-state index in [-0.39, 0.29) is 5.41 Å². The number of imidazole rings is 1. The molecule has 6 nitrogen and oxygen atoms in total. The SMILES string of the molecule is C1CCCCCCC1.CCN(CC)S(=O)(=O)N(C)c1ccc2c(c1)nc(C(C)(C)C)n2CC. The van der Waals surface area contributed by atoms with Gasteiger partial charge in [0.25, 0.3) is 0 Å². The third-order valence-electron chi connectivity index (χ3n) is 6.46. The topological polar surface area (TPSA) is 58.4 Å². The number of benzene rings is 1. The summed E-state index contributed by atoms with van der Waals surface area (Å²) in [7, 11) is -1.93. The minimum Gasteiger partial charge on any atom is -0.328 e. The van der Waals surface area contributed by atoms with Gasteiger partial charge in [-0.25, -0.2) is 4.98 Å². The zero-order chi connectivity index (χ0) is 24.6. The lowest BCUT2D eigenvalue weighted by Crippen LogP contribution is -2.41. The van der Waals surface area contributed by atoms with Crippen molar-refractivity contribution in [2.75, 3.05) is 24.4 Å². The van der Waals surface area contributed by atoms with Crippen molar-refractivity contribution in [3.8, 4) is 0 Å². The molecule has 7 heteroatoms. The Labute approximate surface area is 202 Å². The Morgan fingerprint density at radius 2 is 1.39 bits per heavy atom. The summed E-state index contributed by atoms with van der Waals surface area (Å²) in [6.07, 6.45) is 12.0. The van der Waals surface area contributed by atoms with Crippen molar-refractivity contribution < 1.29 is 8.42 Å². The van der Waals surface area contributed by atoms with Crippen LogP contribution in [-0.4, -0.2) is 42.4 Å². The van der Waals surface area contributed by atoms with Crippen LogP contribution >= 0.6 is 0 Å². The summed E-state index contributed by atoms with van der Waals surface area (Å²) in [5, 5.41) is 0. The maximum atomic E-state index is 12.7. The first-order chi connectivity index (χ1) is 15.6. The minimum absolute atomic E-state index is 0.0750. The van der Waals surface area contributed by atoms with Crippen LogP contribution in [0, 0.1) is 0 Å². The summed E-state index contributed by atoms with van der Waals surface area (Å²) >= 11 is 0. The molecule has 1 aliphatic carbocycles. The number of rotatable bonds is 6. The smallest absolute Gasteiger partial charge is 0.303 e. The van der Waals surface area contributed by atoms with Gasteiger partial charge in [0.05, 0.1) is 16.7 Å². The van der Waals surface area contributed by atoms with E-state index >= 15 is 0 Å². The van der Waals surface area contributed by atoms with Crippen molar-refractivity contribution in [1.82, 2.24) is 13.9 Å². The van der Waals surface area contributed by atoms with Crippen molar-refractivity contribution >= 4 is 26.9 Å². The third-order valence-corrected chi connectivity index (χ3v) is 8.53. The van der Waals surface area contributed by atoms with Crippen molar-refractivity contribution in [2.45, 2.75) is 105 Å². The van der Waals surface area contributed by atoms with Crippen molar-refractivity contribution in [3.63, 3.8) is 0 Å². The highest BCUT2D eigenvalue weighted by Crippen LogP contribution is 2.29. The van der Waals surface area contributed by atoms with E-state index in [0.717, 1.165) is 23.4 Å². The van der Waals surface area contributed by atoms with E-state index in [1.54, 1.807) is 7.05 Å². The van der Waals surface area contributed by atoms with E-state index in [1.807, 2.05) is 32.0 Å². The molecule has 0 radical (unpaired) electrons. The number of fused-ring (bicyclic) bond motifs is 1. The fraction of sp³-hybridized carbons (Fsp3) is 0.731. The van der Waals surface area contributed by atoms with Crippen LogP contribution in [0.5, 0.6) is 0 Å². The Morgan fingerprint density at radius 3 is 1.79 bits per heavy atom. The molecule has 1 fully saturated rings. The lowest BCUT2D eigenvalue weighted by atomic mass is 9.96. The fourth-order valence-electron chi connectivity index (χ4n) is 4.48. The third kappa shape index (κ3) is 6.95. The Balaban J connectivity index is 0.000000405. The summed E-state index contributed by atoms with van der Waals surface area (Å²) in [5.74, 6) is 1.01. The Kier molecular flexibility index (Phi) is 10.2. The predicted octanol–water partition coefficient (Wildman–Crippen LogP) is 6.50. The molecule has 1 aliphatic rings. The van der Waals surface area contributed by atoms with E-state index in [4.69, 9.17) is 4.98 Å². The van der Waals surface area contributed by atoms with Gasteiger partial charge >= 0.3 is 10.2 Å². The molecule has 1 aromatic carbocycles. The Bertz CT molecular complexity index is 948. The first-order valence-corrected chi connectivity index (χ1v) is 14.2. The van der Waals surface area contributed by atoms with Crippen LogP contribution in [0.15, 0.2) is 18.2 Å². The average molecular weight is 479 g/mol. The molecule has 0 spiro atoms. The van der Waals surface area contributed by atoms with E-state index in [1.165, 1.54) is 60.0 Å². The molecule has 0 bridgehead atoms. The van der Waals surface area contributed by atoms with Crippen LogP contribution in [0.25, 0.3) is 11.0 Å². The second-order valence-corrected chi connectivity index (χ2v) is 12.0. The fourth-order valence-corrected chi connectivity index (χ4v) is 5.86. The molecule has 0 unspecified atom stereocenters. The summed E-state index contributed by atoms with van der Waals surface area (Å²) in [4.78, 5) is 4.79. The second-order valence-electron chi connectivity index (χ2n) is 9.99. The standard InChI is InChI=1S/C18H30N4O2S.C8H16/c1-8-21(9-2)25(23,24)20(7)14-11-12-16-15(13-14)19-17(18(4,5)6)22(16)10-3;1-2-4-6-8-7-5-3-1/h11-13H,8-10H2,1-7H3;1-8H2. The van der Waals surface area contributed by atoms with Crippen LogP contribution in [0.3, 0.4) is 0 Å². The van der Waals surface area contributed by atoms with E-state index in [9.17, 15) is 8.42 Å². The van der Waals surface area contributed by atoms with Gasteiger partial charge in [-0.05, 0) is 25.1 Å². The summed E-state index contributed by atoms with van der Waals surface area (Å²) in [6, 6.07) is 5.67. The minimum atomic E-state index is -3.53. The van der Waals surface area contributed by atoms with E-state index in [2.05, 4.69) is 32.3 Å². The normalized spacial score (nSPS) is 15.6. The van der Waals surface area contributed by atoms with Gasteiger partial charge in [-0.1, -0.05) is 86.0 Å². The van der Waals surface area contributed by atoms with Gasteiger partial charge < -0.3 is 4.57 Å². The zero-order valence-corrected chi connectivity index (χ0v) is 22.8. The molecule has 2 aromatic rings. The number of anilines is 1. The van der Waals surface area contributed by atoms with Crippen LogP contribution < -0.4 is 4.31 Å². The molecule has 1 saturated carbocycles. The van der Waals surface area contributed by atoms with Crippen LogP contribution in [0.2, 0.25) is 0 Å². The zero-order valence-electron chi connectivity index (χ0n) is 22.0. The molecule has 1 heterocycles. The monoisotopic (exact) mass is 478 g/mol. The van der Waals surface area contributed by atoms with Gasteiger partial charge in [0.1, 0.15) is 5.82 Å². The number of hydrogen-bond donors (Lipinski definition) is 0. The molecule has 0 aliphatic heterocycles. The maximum Gasteiger partial charge on any atom is 0.303 e. The average Bonchev–Trinajstić information content (AvgIpc) is 3.12. The number of nitrogens with zero attached hydrogens (tertiary/aromatic N) is 4. The number of hydrogen-bond acceptors (Lipinski definition) is 3. The molecule has 0 atom stereocenters. The Morgan fingerprint density at radius 1 is 0.909 bits per heavy atom. The van der Waals surface area contributed by atoms with Gasteiger partial charge in [0, 0.05) is 32.1 Å². The molecule has 1 aromatic heterocycles. The van der Waals surface area contributed by atoms with Crippen molar-refractivity contribution in [1.29, 1.82) is 0 Å². The van der Waals surface area contributed by atoms with E-state index < -0.39 is 10.2 Å². The molecule has 0 amide bonds. The molecule has 3 rings (SSSR count). The summed E-state index contributed by atoms with van der Waals surface area (Å²) < 4.78 is 30.5. The highest BCUT2D eigenvalue weighted by atomic mass is 32.2. The van der Waals surface area contributed by atoms with Gasteiger partial charge in [0.2, 0.25) is 0 Å². The molecule has 188 valence electrons. The second kappa shape index (κ2) is 12.2. The number of aryl methyl sites for hydroxylation is 1. The first-order valence-electron chi connectivity index (χ1n) is 12.8. The van der Waals surface area contributed by atoms with Gasteiger partial charge in [-0.15, -0.1) is 0 Å². The van der Waals surface area contributed by atoms with Crippen LogP contribution in [0.4, 0.5) is 5.69 Å². The van der Waals surface area contributed by atoms with Crippen LogP contribution in [-0.2, 0) is 22.2 Å². The summed E-state index contributed by atoms with van der Waals surface area (Å²) in [5.41, 5.74) is 2.41. The largest absolute Gasteiger partial charge is 0.328 e. The summed E-state index contributed by atoms with van der Waals surface area (Å²) in [6.45, 7) is 13.9. The van der Waals surface area contributed by atoms with Crippen LogP contribution in [0.1, 0.15) is 98.7 Å². The lowest BCUT2D eigenvalue weighted by Gasteiger charge is -2.26. The van der Waals surface area contributed by atoms with Gasteiger partial charge in [-0.2, -0.15) is 12.7 Å². The molecular weight excluding hydrogens is 432 g/mol. The van der Waals surface area contributed by atoms with Gasteiger partial charge in [0.15, 0.2) is 0 Å². The molecule has 33 heavy (non-hydrogen) atoms. The van der Waals surface area contributed by atoms with E-state index in [0.29, 0.717) is 18.8 Å². The number of aromatic nitrogens is 2. The van der Waals surface area contributed by atoms with Gasteiger partial charge in [-0.3, -0.25) is 4.31 Å². The first kappa shape index (κ1) is 27.6. The molecular formula is C26H46N4O2S. The van der Waals surface area contributed by atoms with Crippen molar-refractivity contribution in [2.24, 2.45) is 0 Å². The Hall–Kier alpha value is -1.60.